The highest BCUT2D eigenvalue weighted by molar-refractivity contribution is 7.71. The van der Waals surface area contributed by atoms with Crippen molar-refractivity contribution < 1.29 is 0 Å². The third-order valence-electron chi connectivity index (χ3n) is 3.18. The van der Waals surface area contributed by atoms with Crippen molar-refractivity contribution in [3.8, 4) is 5.69 Å². The monoisotopic (exact) mass is 283 g/mol. The maximum Gasteiger partial charge on any atom is 0.182 e. The molecule has 0 bridgehead atoms. The molecule has 3 nitrogen and oxygen atoms in total. The number of fused-ring (bicyclic) bond motifs is 3. The molecular formula is C14H9N3S2. The maximum atomic E-state index is 5.45. The lowest BCUT2D eigenvalue weighted by Crippen LogP contribution is -1.92. The van der Waals surface area contributed by atoms with E-state index in [2.05, 4.69) is 37.4 Å². The lowest BCUT2D eigenvalue weighted by Gasteiger charge is -2.04. The summed E-state index contributed by atoms with van der Waals surface area (Å²) in [5.41, 5.74) is 4.13. The summed E-state index contributed by atoms with van der Waals surface area (Å²) in [5.74, 6) is 0. The zero-order valence-corrected chi connectivity index (χ0v) is 11.5. The predicted molar refractivity (Wildman–Crippen MR) is 81.6 cm³/mol. The zero-order chi connectivity index (χ0) is 12.8. The fourth-order valence-electron chi connectivity index (χ4n) is 2.36. The van der Waals surface area contributed by atoms with E-state index in [1.54, 1.807) is 11.3 Å². The van der Waals surface area contributed by atoms with Gasteiger partial charge in [0.15, 0.2) is 4.77 Å². The van der Waals surface area contributed by atoms with Crippen molar-refractivity contribution in [2.75, 3.05) is 0 Å². The first-order chi connectivity index (χ1) is 9.34. The Morgan fingerprint density at radius 1 is 1.21 bits per heavy atom. The number of para-hydroxylation sites is 1. The van der Waals surface area contributed by atoms with Gasteiger partial charge in [0.1, 0.15) is 0 Å². The van der Waals surface area contributed by atoms with Crippen LogP contribution in [0.2, 0.25) is 0 Å². The topological polar surface area (TPSA) is 33.6 Å². The first-order valence-electron chi connectivity index (χ1n) is 5.85. The van der Waals surface area contributed by atoms with Gasteiger partial charge in [-0.05, 0) is 29.7 Å². The number of H-pyrrole nitrogens is 1. The van der Waals surface area contributed by atoms with Crippen LogP contribution in [0.25, 0.3) is 27.6 Å². The molecule has 1 aromatic carbocycles. The van der Waals surface area contributed by atoms with Crippen LogP contribution < -0.4 is 0 Å². The number of hydrogen-bond donors (Lipinski definition) is 1. The number of rotatable bonds is 1. The van der Waals surface area contributed by atoms with Gasteiger partial charge in [-0.15, -0.1) is 0 Å². The van der Waals surface area contributed by atoms with Crippen LogP contribution in [0, 0.1) is 4.77 Å². The first-order valence-corrected chi connectivity index (χ1v) is 7.21. The summed E-state index contributed by atoms with van der Waals surface area (Å²) in [6.07, 6.45) is 1.84. The minimum Gasteiger partial charge on any atom is -0.329 e. The van der Waals surface area contributed by atoms with Crippen molar-refractivity contribution >= 4 is 45.5 Å². The Labute approximate surface area is 118 Å². The van der Waals surface area contributed by atoms with Crippen LogP contribution in [0.5, 0.6) is 0 Å². The van der Waals surface area contributed by atoms with E-state index in [0.717, 1.165) is 27.6 Å². The van der Waals surface area contributed by atoms with E-state index in [1.807, 2.05) is 24.4 Å². The molecule has 0 spiro atoms. The molecule has 4 rings (SSSR count). The minimum absolute atomic E-state index is 0.701. The summed E-state index contributed by atoms with van der Waals surface area (Å²) in [4.78, 5) is 7.68. The average Bonchev–Trinajstić information content (AvgIpc) is 3.04. The minimum atomic E-state index is 0.701. The SMILES string of the molecule is S=c1[nH]c2cnc3ccccc3c2n1-c1ccsc1. The molecule has 0 fully saturated rings. The van der Waals surface area contributed by atoms with Gasteiger partial charge in [0, 0.05) is 10.8 Å². The first kappa shape index (κ1) is 10.9. The number of thiophene rings is 1. The van der Waals surface area contributed by atoms with Crippen molar-refractivity contribution in [2.45, 2.75) is 0 Å². The van der Waals surface area contributed by atoms with Gasteiger partial charge in [-0.2, -0.15) is 11.3 Å². The number of nitrogens with zero attached hydrogens (tertiary/aromatic N) is 2. The Balaban J connectivity index is 2.27. The molecular weight excluding hydrogens is 274 g/mol. The van der Waals surface area contributed by atoms with Crippen molar-refractivity contribution in [3.63, 3.8) is 0 Å². The molecule has 4 aromatic rings. The van der Waals surface area contributed by atoms with E-state index in [0.29, 0.717) is 4.77 Å². The van der Waals surface area contributed by atoms with Crippen molar-refractivity contribution in [2.24, 2.45) is 0 Å². The molecule has 0 saturated heterocycles. The molecule has 0 saturated carbocycles. The normalized spacial score (nSPS) is 11.4. The van der Waals surface area contributed by atoms with Gasteiger partial charge in [-0.1, -0.05) is 18.2 Å². The standard InChI is InChI=1S/C14H9N3S2/c18-14-16-12-7-15-11-4-2-1-3-10(11)13(12)17(14)9-5-6-19-8-9/h1-8H,(H,16,18). The van der Waals surface area contributed by atoms with Gasteiger partial charge in [0.2, 0.25) is 0 Å². The quantitative estimate of drug-likeness (QED) is 0.528. The molecule has 0 amide bonds. The van der Waals surface area contributed by atoms with Crippen LogP contribution in [0.15, 0.2) is 47.3 Å². The molecule has 92 valence electrons. The number of aromatic amines is 1. The van der Waals surface area contributed by atoms with Gasteiger partial charge >= 0.3 is 0 Å². The van der Waals surface area contributed by atoms with Crippen molar-refractivity contribution in [1.82, 2.24) is 14.5 Å². The highest BCUT2D eigenvalue weighted by atomic mass is 32.1. The fraction of sp³-hybridized carbons (Fsp3) is 0. The van der Waals surface area contributed by atoms with E-state index in [-0.39, 0.29) is 0 Å². The van der Waals surface area contributed by atoms with E-state index in [1.165, 1.54) is 0 Å². The number of pyridine rings is 1. The van der Waals surface area contributed by atoms with Crippen molar-refractivity contribution in [1.29, 1.82) is 0 Å². The van der Waals surface area contributed by atoms with Crippen LogP contribution in [-0.4, -0.2) is 14.5 Å². The van der Waals surface area contributed by atoms with Gasteiger partial charge in [0.05, 0.1) is 28.4 Å². The van der Waals surface area contributed by atoms with Crippen LogP contribution >= 0.6 is 23.6 Å². The Morgan fingerprint density at radius 3 is 2.95 bits per heavy atom. The van der Waals surface area contributed by atoms with Crippen molar-refractivity contribution in [3.05, 3.63) is 52.1 Å². The second kappa shape index (κ2) is 4.01. The lowest BCUT2D eigenvalue weighted by molar-refractivity contribution is 1.08. The fourth-order valence-corrected chi connectivity index (χ4v) is 3.29. The van der Waals surface area contributed by atoms with E-state index < -0.39 is 0 Å². The molecule has 0 aliphatic carbocycles. The molecule has 3 heterocycles. The zero-order valence-electron chi connectivity index (χ0n) is 9.83. The Bertz CT molecular complexity index is 932. The van der Waals surface area contributed by atoms with Crippen LogP contribution in [0.1, 0.15) is 0 Å². The van der Waals surface area contributed by atoms with E-state index in [4.69, 9.17) is 12.2 Å². The second-order valence-electron chi connectivity index (χ2n) is 4.28. The lowest BCUT2D eigenvalue weighted by atomic mass is 10.2. The van der Waals surface area contributed by atoms with Crippen LogP contribution in [-0.2, 0) is 0 Å². The van der Waals surface area contributed by atoms with Gasteiger partial charge < -0.3 is 4.98 Å². The van der Waals surface area contributed by atoms with Gasteiger partial charge in [-0.25, -0.2) is 0 Å². The van der Waals surface area contributed by atoms with Gasteiger partial charge in [0.25, 0.3) is 0 Å². The Hall–Kier alpha value is -1.98. The summed E-state index contributed by atoms with van der Waals surface area (Å²) in [5, 5.41) is 5.26. The van der Waals surface area contributed by atoms with E-state index in [9.17, 15) is 0 Å². The average molecular weight is 283 g/mol. The molecule has 0 aliphatic heterocycles. The number of benzene rings is 1. The smallest absolute Gasteiger partial charge is 0.182 e. The second-order valence-corrected chi connectivity index (χ2v) is 5.45. The van der Waals surface area contributed by atoms with Crippen LogP contribution in [0.4, 0.5) is 0 Å². The molecule has 1 N–H and O–H groups in total. The summed E-state index contributed by atoms with van der Waals surface area (Å²) in [6, 6.07) is 10.2. The summed E-state index contributed by atoms with van der Waals surface area (Å²) < 4.78 is 2.78. The number of hydrogen-bond acceptors (Lipinski definition) is 3. The maximum absolute atomic E-state index is 5.45. The van der Waals surface area contributed by atoms with Gasteiger partial charge in [-0.3, -0.25) is 9.55 Å². The molecule has 0 radical (unpaired) electrons. The molecule has 0 atom stereocenters. The highest BCUT2D eigenvalue weighted by Gasteiger charge is 2.10. The largest absolute Gasteiger partial charge is 0.329 e. The van der Waals surface area contributed by atoms with E-state index >= 15 is 0 Å². The van der Waals surface area contributed by atoms with Crippen LogP contribution in [0.3, 0.4) is 0 Å². The highest BCUT2D eigenvalue weighted by Crippen LogP contribution is 2.27. The molecule has 0 unspecified atom stereocenters. The molecule has 3 aromatic heterocycles. The summed E-state index contributed by atoms with van der Waals surface area (Å²) >= 11 is 7.11. The Morgan fingerprint density at radius 2 is 2.11 bits per heavy atom. The number of aromatic nitrogens is 3. The third kappa shape index (κ3) is 1.55. The Kier molecular flexibility index (Phi) is 2.30. The number of nitrogens with one attached hydrogen (secondary N) is 1. The summed E-state index contributed by atoms with van der Waals surface area (Å²) in [7, 11) is 0. The molecule has 5 heteroatoms. The number of imidazole rings is 1. The summed E-state index contributed by atoms with van der Waals surface area (Å²) in [6.45, 7) is 0. The molecule has 19 heavy (non-hydrogen) atoms. The predicted octanol–water partition coefficient (Wildman–Crippen LogP) is 4.30. The third-order valence-corrected chi connectivity index (χ3v) is 4.14. The molecule has 0 aliphatic rings.